The third-order valence-corrected chi connectivity index (χ3v) is 4.06. The predicted octanol–water partition coefficient (Wildman–Crippen LogP) is 1.29. The third-order valence-electron chi connectivity index (χ3n) is 4.06. The molecule has 0 aromatic heterocycles. The lowest BCUT2D eigenvalue weighted by Crippen LogP contribution is -2.50. The molecule has 0 spiro atoms. The van der Waals surface area contributed by atoms with Crippen LogP contribution in [0.4, 0.5) is 5.69 Å². The van der Waals surface area contributed by atoms with Crippen molar-refractivity contribution in [3.05, 3.63) is 29.8 Å². The van der Waals surface area contributed by atoms with E-state index in [4.69, 9.17) is 5.73 Å². The van der Waals surface area contributed by atoms with Crippen molar-refractivity contribution in [2.45, 2.75) is 43.9 Å². The zero-order chi connectivity index (χ0) is 11.8. The molecule has 17 heavy (non-hydrogen) atoms. The summed E-state index contributed by atoms with van der Waals surface area (Å²) in [5.74, 6) is 0. The Balaban J connectivity index is 1.94. The minimum atomic E-state index is -0.187. The van der Waals surface area contributed by atoms with E-state index < -0.39 is 0 Å². The van der Waals surface area contributed by atoms with Crippen LogP contribution in [-0.4, -0.2) is 29.8 Å². The van der Waals surface area contributed by atoms with Crippen LogP contribution < -0.4 is 10.6 Å². The average Bonchev–Trinajstić information content (AvgIpc) is 2.74. The van der Waals surface area contributed by atoms with E-state index in [9.17, 15) is 5.11 Å². The number of hydrogen-bond acceptors (Lipinski definition) is 3. The van der Waals surface area contributed by atoms with Crippen LogP contribution in [-0.2, 0) is 6.42 Å². The molecule has 3 heteroatoms. The van der Waals surface area contributed by atoms with Crippen molar-refractivity contribution in [2.75, 3.05) is 11.4 Å². The molecule has 0 saturated heterocycles. The van der Waals surface area contributed by atoms with E-state index in [-0.39, 0.29) is 18.2 Å². The van der Waals surface area contributed by atoms with Crippen molar-refractivity contribution >= 4 is 5.69 Å². The lowest BCUT2D eigenvalue weighted by atomic mass is 9.96. The fraction of sp³-hybridized carbons (Fsp3) is 0.571. The Morgan fingerprint density at radius 2 is 2.06 bits per heavy atom. The number of nitrogens with zero attached hydrogens (tertiary/aromatic N) is 1. The van der Waals surface area contributed by atoms with Gasteiger partial charge in [-0.2, -0.15) is 0 Å². The maximum absolute atomic E-state index is 10.1. The Labute approximate surface area is 102 Å². The van der Waals surface area contributed by atoms with Gasteiger partial charge in [-0.3, -0.25) is 0 Å². The van der Waals surface area contributed by atoms with Crippen LogP contribution in [0.25, 0.3) is 0 Å². The SMILES string of the molecule is NC1Cc2ccccc2N(C2CCCC2O)C1. The maximum Gasteiger partial charge on any atom is 0.0743 e. The average molecular weight is 232 g/mol. The maximum atomic E-state index is 10.1. The molecular weight excluding hydrogens is 212 g/mol. The molecule has 1 aromatic rings. The summed E-state index contributed by atoms with van der Waals surface area (Å²) in [5, 5.41) is 10.1. The summed E-state index contributed by atoms with van der Waals surface area (Å²) >= 11 is 0. The molecule has 1 aliphatic heterocycles. The summed E-state index contributed by atoms with van der Waals surface area (Å²) in [6, 6.07) is 8.92. The molecule has 1 aliphatic carbocycles. The van der Waals surface area contributed by atoms with Gasteiger partial charge in [0.25, 0.3) is 0 Å². The van der Waals surface area contributed by atoms with Crippen molar-refractivity contribution < 1.29 is 5.11 Å². The van der Waals surface area contributed by atoms with Crippen molar-refractivity contribution in [3.63, 3.8) is 0 Å². The summed E-state index contributed by atoms with van der Waals surface area (Å²) < 4.78 is 0. The summed E-state index contributed by atoms with van der Waals surface area (Å²) in [6.45, 7) is 0.874. The topological polar surface area (TPSA) is 49.5 Å². The molecule has 3 N–H and O–H groups in total. The van der Waals surface area contributed by atoms with Crippen LogP contribution in [0.3, 0.4) is 0 Å². The molecule has 0 radical (unpaired) electrons. The van der Waals surface area contributed by atoms with Gasteiger partial charge in [0, 0.05) is 18.3 Å². The van der Waals surface area contributed by atoms with Crippen LogP contribution >= 0.6 is 0 Å². The molecule has 3 unspecified atom stereocenters. The zero-order valence-corrected chi connectivity index (χ0v) is 10.0. The highest BCUT2D eigenvalue weighted by Gasteiger charge is 2.34. The van der Waals surface area contributed by atoms with Crippen molar-refractivity contribution in [1.29, 1.82) is 0 Å². The highest BCUT2D eigenvalue weighted by atomic mass is 16.3. The predicted molar refractivity (Wildman–Crippen MR) is 69.1 cm³/mol. The lowest BCUT2D eigenvalue weighted by molar-refractivity contribution is 0.159. The fourth-order valence-corrected chi connectivity index (χ4v) is 3.26. The number of benzene rings is 1. The van der Waals surface area contributed by atoms with Crippen molar-refractivity contribution in [2.24, 2.45) is 5.73 Å². The lowest BCUT2D eigenvalue weighted by Gasteiger charge is -2.40. The molecule has 0 amide bonds. The van der Waals surface area contributed by atoms with E-state index in [1.54, 1.807) is 0 Å². The summed E-state index contributed by atoms with van der Waals surface area (Å²) in [5.41, 5.74) is 8.73. The number of rotatable bonds is 1. The number of para-hydroxylation sites is 1. The Kier molecular flexibility index (Phi) is 2.81. The summed E-state index contributed by atoms with van der Waals surface area (Å²) in [7, 11) is 0. The molecule has 3 rings (SSSR count). The Morgan fingerprint density at radius 3 is 2.82 bits per heavy atom. The Morgan fingerprint density at radius 1 is 1.24 bits per heavy atom. The second-order valence-electron chi connectivity index (χ2n) is 5.31. The second kappa shape index (κ2) is 4.31. The molecule has 3 nitrogen and oxygen atoms in total. The Bertz CT molecular complexity index is 407. The van der Waals surface area contributed by atoms with Crippen LogP contribution in [0.5, 0.6) is 0 Å². The quantitative estimate of drug-likeness (QED) is 0.767. The van der Waals surface area contributed by atoms with Crippen LogP contribution in [0.15, 0.2) is 24.3 Å². The normalized spacial score (nSPS) is 32.6. The molecule has 2 aliphatic rings. The van der Waals surface area contributed by atoms with E-state index in [2.05, 4.69) is 29.2 Å². The first kappa shape index (κ1) is 11.1. The molecule has 1 heterocycles. The van der Waals surface area contributed by atoms with Gasteiger partial charge in [0.05, 0.1) is 12.1 Å². The van der Waals surface area contributed by atoms with Crippen LogP contribution in [0.2, 0.25) is 0 Å². The van der Waals surface area contributed by atoms with Gasteiger partial charge < -0.3 is 15.7 Å². The number of fused-ring (bicyclic) bond motifs is 1. The van der Waals surface area contributed by atoms with Crippen molar-refractivity contribution in [1.82, 2.24) is 0 Å². The van der Waals surface area contributed by atoms with E-state index in [0.29, 0.717) is 0 Å². The third kappa shape index (κ3) is 1.94. The molecule has 1 fully saturated rings. The number of aliphatic hydroxyl groups is 1. The van der Waals surface area contributed by atoms with Gasteiger partial charge in [0.15, 0.2) is 0 Å². The standard InChI is InChI=1S/C14H20N2O/c15-11-8-10-4-1-2-5-12(10)16(9-11)13-6-3-7-14(13)17/h1-2,4-5,11,13-14,17H,3,6-9,15H2. The zero-order valence-electron chi connectivity index (χ0n) is 10.0. The monoisotopic (exact) mass is 232 g/mol. The van der Waals surface area contributed by atoms with Gasteiger partial charge in [0.1, 0.15) is 0 Å². The first-order chi connectivity index (χ1) is 8.25. The fourth-order valence-electron chi connectivity index (χ4n) is 3.26. The summed E-state index contributed by atoms with van der Waals surface area (Å²) in [6.07, 6.45) is 3.91. The van der Waals surface area contributed by atoms with Gasteiger partial charge in [-0.05, 0) is 37.3 Å². The summed E-state index contributed by atoms with van der Waals surface area (Å²) in [4.78, 5) is 2.33. The van der Waals surface area contributed by atoms with E-state index in [0.717, 1.165) is 32.2 Å². The first-order valence-corrected chi connectivity index (χ1v) is 6.54. The first-order valence-electron chi connectivity index (χ1n) is 6.54. The van der Waals surface area contributed by atoms with E-state index in [1.165, 1.54) is 11.3 Å². The number of hydrogen-bond donors (Lipinski definition) is 2. The Hall–Kier alpha value is -1.06. The smallest absolute Gasteiger partial charge is 0.0743 e. The van der Waals surface area contributed by atoms with Gasteiger partial charge in [-0.1, -0.05) is 18.2 Å². The highest BCUT2D eigenvalue weighted by Crippen LogP contribution is 2.33. The molecular formula is C14H20N2O. The minimum Gasteiger partial charge on any atom is -0.391 e. The molecule has 1 aromatic carbocycles. The molecule has 1 saturated carbocycles. The van der Waals surface area contributed by atoms with E-state index in [1.807, 2.05) is 0 Å². The van der Waals surface area contributed by atoms with Gasteiger partial charge in [-0.25, -0.2) is 0 Å². The number of aliphatic hydroxyl groups excluding tert-OH is 1. The molecule has 0 bridgehead atoms. The highest BCUT2D eigenvalue weighted by molar-refractivity contribution is 5.57. The van der Waals surface area contributed by atoms with Gasteiger partial charge in [-0.15, -0.1) is 0 Å². The minimum absolute atomic E-state index is 0.187. The van der Waals surface area contributed by atoms with Crippen LogP contribution in [0, 0.1) is 0 Å². The van der Waals surface area contributed by atoms with Crippen LogP contribution in [0.1, 0.15) is 24.8 Å². The number of anilines is 1. The van der Waals surface area contributed by atoms with E-state index >= 15 is 0 Å². The second-order valence-corrected chi connectivity index (χ2v) is 5.31. The van der Waals surface area contributed by atoms with Crippen molar-refractivity contribution in [3.8, 4) is 0 Å². The van der Waals surface area contributed by atoms with Gasteiger partial charge >= 0.3 is 0 Å². The molecule has 92 valence electrons. The number of nitrogens with two attached hydrogens (primary N) is 1. The largest absolute Gasteiger partial charge is 0.391 e. The molecule has 3 atom stereocenters. The van der Waals surface area contributed by atoms with Gasteiger partial charge in [0.2, 0.25) is 0 Å².